The number of hydrogen-bond donors (Lipinski definition) is 3. The number of nitrogens with one attached hydrogen (secondary N) is 1. The molecule has 1 aliphatic heterocycles. The molecule has 1 amide bonds. The molecule has 0 unspecified atom stereocenters. The summed E-state index contributed by atoms with van der Waals surface area (Å²) in [6, 6.07) is 5.09. The quantitative estimate of drug-likeness (QED) is 0.720. The number of rotatable bonds is 4. The zero-order valence-corrected chi connectivity index (χ0v) is 11.2. The normalized spacial score (nSPS) is 17.9. The lowest BCUT2D eigenvalue weighted by Crippen LogP contribution is -2.33. The van der Waals surface area contributed by atoms with Crippen LogP contribution in [0, 0.1) is 5.41 Å². The third kappa shape index (κ3) is 3.38. The Hall–Kier alpha value is -1.75. The number of nitrogen functional groups attached to an aromatic ring is 1. The standard InChI is InChI=1S/C14H21N3O2/c1-14(4-6-19-7-5-14)9-17-12-8-10(15)2-3-11(12)13(16)18/h2-3,8,17H,4-7,9,15H2,1H3,(H2,16,18). The summed E-state index contributed by atoms with van der Waals surface area (Å²) < 4.78 is 5.38. The van der Waals surface area contributed by atoms with Gasteiger partial charge in [0, 0.05) is 31.1 Å². The smallest absolute Gasteiger partial charge is 0.250 e. The maximum Gasteiger partial charge on any atom is 0.250 e. The molecule has 19 heavy (non-hydrogen) atoms. The van der Waals surface area contributed by atoms with Crippen LogP contribution >= 0.6 is 0 Å². The SMILES string of the molecule is CC1(CNc2cc(N)ccc2C(N)=O)CCOCC1. The van der Waals surface area contributed by atoms with E-state index in [1.165, 1.54) is 0 Å². The molecule has 5 heteroatoms. The van der Waals surface area contributed by atoms with Gasteiger partial charge in [-0.1, -0.05) is 6.92 Å². The van der Waals surface area contributed by atoms with Crippen LogP contribution < -0.4 is 16.8 Å². The lowest BCUT2D eigenvalue weighted by atomic mass is 9.82. The molecule has 104 valence electrons. The fourth-order valence-electron chi connectivity index (χ4n) is 2.27. The summed E-state index contributed by atoms with van der Waals surface area (Å²) in [5, 5.41) is 3.31. The van der Waals surface area contributed by atoms with E-state index in [1.54, 1.807) is 18.2 Å². The Labute approximate surface area is 113 Å². The molecule has 1 aliphatic rings. The van der Waals surface area contributed by atoms with Crippen molar-refractivity contribution in [3.05, 3.63) is 23.8 Å². The van der Waals surface area contributed by atoms with Crippen LogP contribution in [-0.2, 0) is 4.74 Å². The highest BCUT2D eigenvalue weighted by Crippen LogP contribution is 2.30. The molecule has 1 aromatic rings. The number of amides is 1. The molecule has 0 aromatic heterocycles. The minimum absolute atomic E-state index is 0.178. The van der Waals surface area contributed by atoms with Gasteiger partial charge in [0.2, 0.25) is 0 Å². The van der Waals surface area contributed by atoms with Crippen LogP contribution in [0.2, 0.25) is 0 Å². The Morgan fingerprint density at radius 3 is 2.74 bits per heavy atom. The van der Waals surface area contributed by atoms with Crippen LogP contribution in [0.1, 0.15) is 30.1 Å². The average molecular weight is 263 g/mol. The van der Waals surface area contributed by atoms with E-state index in [2.05, 4.69) is 12.2 Å². The molecule has 0 aliphatic carbocycles. The van der Waals surface area contributed by atoms with Gasteiger partial charge >= 0.3 is 0 Å². The van der Waals surface area contributed by atoms with Crippen molar-refractivity contribution in [2.75, 3.05) is 30.8 Å². The van der Waals surface area contributed by atoms with E-state index < -0.39 is 5.91 Å². The first-order chi connectivity index (χ1) is 9.00. The largest absolute Gasteiger partial charge is 0.399 e. The Balaban J connectivity index is 2.10. The molecular weight excluding hydrogens is 242 g/mol. The van der Waals surface area contributed by atoms with Gasteiger partial charge in [-0.2, -0.15) is 0 Å². The molecule has 5 nitrogen and oxygen atoms in total. The Morgan fingerprint density at radius 2 is 2.11 bits per heavy atom. The number of nitrogens with two attached hydrogens (primary N) is 2. The molecule has 0 saturated carbocycles. The van der Waals surface area contributed by atoms with Gasteiger partial charge in [-0.15, -0.1) is 0 Å². The zero-order chi connectivity index (χ0) is 13.9. The summed E-state index contributed by atoms with van der Waals surface area (Å²) in [6.07, 6.45) is 2.02. The van der Waals surface area contributed by atoms with Gasteiger partial charge in [0.05, 0.1) is 5.56 Å². The van der Waals surface area contributed by atoms with Gasteiger partial charge in [0.15, 0.2) is 0 Å². The first-order valence-electron chi connectivity index (χ1n) is 6.51. The molecule has 1 saturated heterocycles. The third-order valence-corrected chi connectivity index (χ3v) is 3.71. The van der Waals surface area contributed by atoms with Crippen molar-refractivity contribution in [1.29, 1.82) is 0 Å². The number of primary amides is 1. The monoisotopic (exact) mass is 263 g/mol. The molecule has 0 spiro atoms. The van der Waals surface area contributed by atoms with Gasteiger partial charge in [0.1, 0.15) is 0 Å². The number of ether oxygens (including phenoxy) is 1. The first kappa shape index (κ1) is 13.7. The third-order valence-electron chi connectivity index (χ3n) is 3.71. The fourth-order valence-corrected chi connectivity index (χ4v) is 2.27. The van der Waals surface area contributed by atoms with Crippen molar-refractivity contribution in [3.63, 3.8) is 0 Å². The Kier molecular flexibility index (Phi) is 3.95. The van der Waals surface area contributed by atoms with E-state index >= 15 is 0 Å². The van der Waals surface area contributed by atoms with Crippen molar-refractivity contribution in [2.45, 2.75) is 19.8 Å². The number of carbonyl (C=O) groups excluding carboxylic acids is 1. The summed E-state index contributed by atoms with van der Waals surface area (Å²) in [5.41, 5.74) is 13.1. The van der Waals surface area contributed by atoms with E-state index in [0.717, 1.165) is 32.6 Å². The summed E-state index contributed by atoms with van der Waals surface area (Å²) >= 11 is 0. The highest BCUT2D eigenvalue weighted by atomic mass is 16.5. The minimum Gasteiger partial charge on any atom is -0.399 e. The first-order valence-corrected chi connectivity index (χ1v) is 6.51. The maximum atomic E-state index is 11.4. The Bertz CT molecular complexity index is 468. The molecule has 1 aromatic carbocycles. The summed E-state index contributed by atoms with van der Waals surface area (Å²) in [6.45, 7) is 4.58. The predicted octanol–water partition coefficient (Wildman–Crippen LogP) is 1.60. The maximum absolute atomic E-state index is 11.4. The van der Waals surface area contributed by atoms with Crippen molar-refractivity contribution < 1.29 is 9.53 Å². The molecule has 5 N–H and O–H groups in total. The van der Waals surface area contributed by atoms with Crippen molar-refractivity contribution in [2.24, 2.45) is 11.1 Å². The van der Waals surface area contributed by atoms with Crippen LogP contribution in [0.3, 0.4) is 0 Å². The topological polar surface area (TPSA) is 90.4 Å². The average Bonchev–Trinajstić information content (AvgIpc) is 2.37. The zero-order valence-electron chi connectivity index (χ0n) is 11.2. The second-order valence-corrected chi connectivity index (χ2v) is 5.45. The lowest BCUT2D eigenvalue weighted by Gasteiger charge is -2.34. The van der Waals surface area contributed by atoms with Crippen molar-refractivity contribution >= 4 is 17.3 Å². The van der Waals surface area contributed by atoms with E-state index in [0.29, 0.717) is 16.9 Å². The van der Waals surface area contributed by atoms with E-state index in [1.807, 2.05) is 0 Å². The van der Waals surface area contributed by atoms with Crippen molar-refractivity contribution in [1.82, 2.24) is 0 Å². The summed E-state index contributed by atoms with van der Waals surface area (Å²) in [5.74, 6) is -0.445. The van der Waals surface area contributed by atoms with Gasteiger partial charge in [-0.05, 0) is 36.5 Å². The fraction of sp³-hybridized carbons (Fsp3) is 0.500. The van der Waals surface area contributed by atoms with Gasteiger partial charge in [0.25, 0.3) is 5.91 Å². The number of hydrogen-bond acceptors (Lipinski definition) is 4. The van der Waals surface area contributed by atoms with Crippen LogP contribution in [0.4, 0.5) is 11.4 Å². The molecular formula is C14H21N3O2. The minimum atomic E-state index is -0.445. The van der Waals surface area contributed by atoms with Crippen LogP contribution in [0.15, 0.2) is 18.2 Å². The highest BCUT2D eigenvalue weighted by Gasteiger charge is 2.27. The molecule has 0 atom stereocenters. The predicted molar refractivity (Wildman–Crippen MR) is 76.0 cm³/mol. The number of benzene rings is 1. The second kappa shape index (κ2) is 5.48. The summed E-state index contributed by atoms with van der Waals surface area (Å²) in [7, 11) is 0. The molecule has 1 heterocycles. The van der Waals surface area contributed by atoms with Gasteiger partial charge in [-0.25, -0.2) is 0 Å². The number of carbonyl (C=O) groups is 1. The Morgan fingerprint density at radius 1 is 1.42 bits per heavy atom. The van der Waals surface area contributed by atoms with Crippen LogP contribution in [0.25, 0.3) is 0 Å². The van der Waals surface area contributed by atoms with Gasteiger partial charge < -0.3 is 21.5 Å². The molecule has 2 rings (SSSR count). The molecule has 0 bridgehead atoms. The second-order valence-electron chi connectivity index (χ2n) is 5.45. The van der Waals surface area contributed by atoms with E-state index in [-0.39, 0.29) is 5.41 Å². The van der Waals surface area contributed by atoms with E-state index in [4.69, 9.17) is 16.2 Å². The van der Waals surface area contributed by atoms with Crippen molar-refractivity contribution in [3.8, 4) is 0 Å². The van der Waals surface area contributed by atoms with Crippen LogP contribution in [0.5, 0.6) is 0 Å². The summed E-state index contributed by atoms with van der Waals surface area (Å²) in [4.78, 5) is 11.4. The molecule has 1 fully saturated rings. The van der Waals surface area contributed by atoms with Crippen LogP contribution in [-0.4, -0.2) is 25.7 Å². The van der Waals surface area contributed by atoms with Gasteiger partial charge in [-0.3, -0.25) is 4.79 Å². The lowest BCUT2D eigenvalue weighted by molar-refractivity contribution is 0.0300. The highest BCUT2D eigenvalue weighted by molar-refractivity contribution is 5.99. The number of anilines is 2. The van der Waals surface area contributed by atoms with E-state index in [9.17, 15) is 4.79 Å². The molecule has 0 radical (unpaired) electrons.